The van der Waals surface area contributed by atoms with E-state index >= 15 is 0 Å². The molecule has 1 unspecified atom stereocenters. The SMILES string of the molecule is Cc1ncsc1CCC(C)(CNCC(C)C)C(C)C. The molecule has 0 radical (unpaired) electrons. The smallest absolute Gasteiger partial charge is 0.0797 e. The molecule has 1 heterocycles. The molecule has 0 amide bonds. The lowest BCUT2D eigenvalue weighted by Crippen LogP contribution is -2.38. The van der Waals surface area contributed by atoms with Crippen LogP contribution in [0.3, 0.4) is 0 Å². The Hall–Kier alpha value is -0.410. The molecule has 110 valence electrons. The molecule has 3 heteroatoms. The van der Waals surface area contributed by atoms with Crippen LogP contribution in [0.25, 0.3) is 0 Å². The van der Waals surface area contributed by atoms with Gasteiger partial charge in [0.15, 0.2) is 0 Å². The predicted octanol–water partition coefficient (Wildman–Crippen LogP) is 4.29. The third kappa shape index (κ3) is 5.23. The summed E-state index contributed by atoms with van der Waals surface area (Å²) in [5.74, 6) is 1.42. The zero-order chi connectivity index (χ0) is 14.5. The molecule has 1 N–H and O–H groups in total. The molecule has 1 atom stereocenters. The molecule has 1 aromatic heterocycles. The molecule has 19 heavy (non-hydrogen) atoms. The van der Waals surface area contributed by atoms with Crippen LogP contribution in [0.4, 0.5) is 0 Å². The van der Waals surface area contributed by atoms with Crippen molar-refractivity contribution in [2.24, 2.45) is 17.3 Å². The molecule has 0 aromatic carbocycles. The molecular formula is C16H30N2S. The average molecular weight is 282 g/mol. The maximum absolute atomic E-state index is 4.35. The van der Waals surface area contributed by atoms with Gasteiger partial charge in [0.05, 0.1) is 11.2 Å². The first kappa shape index (κ1) is 16.6. The number of rotatable bonds is 8. The second kappa shape index (κ2) is 7.39. The minimum absolute atomic E-state index is 0.366. The Morgan fingerprint density at radius 3 is 2.47 bits per heavy atom. The molecule has 1 aromatic rings. The largest absolute Gasteiger partial charge is 0.316 e. The maximum Gasteiger partial charge on any atom is 0.0797 e. The van der Waals surface area contributed by atoms with Crippen LogP contribution in [0, 0.1) is 24.2 Å². The van der Waals surface area contributed by atoms with E-state index in [0.717, 1.165) is 25.4 Å². The van der Waals surface area contributed by atoms with Gasteiger partial charge in [-0.05, 0) is 43.6 Å². The Balaban J connectivity index is 2.53. The van der Waals surface area contributed by atoms with Gasteiger partial charge in [-0.15, -0.1) is 11.3 Å². The van der Waals surface area contributed by atoms with Crippen molar-refractivity contribution in [1.29, 1.82) is 0 Å². The van der Waals surface area contributed by atoms with E-state index < -0.39 is 0 Å². The highest BCUT2D eigenvalue weighted by Crippen LogP contribution is 2.32. The lowest BCUT2D eigenvalue weighted by atomic mass is 9.75. The highest BCUT2D eigenvalue weighted by atomic mass is 32.1. The van der Waals surface area contributed by atoms with E-state index in [1.165, 1.54) is 17.0 Å². The van der Waals surface area contributed by atoms with Gasteiger partial charge in [-0.25, -0.2) is 4.98 Å². The van der Waals surface area contributed by atoms with Gasteiger partial charge in [0.25, 0.3) is 0 Å². The Bertz CT molecular complexity index is 371. The quantitative estimate of drug-likeness (QED) is 0.769. The summed E-state index contributed by atoms with van der Waals surface area (Å²) in [4.78, 5) is 5.80. The summed E-state index contributed by atoms with van der Waals surface area (Å²) in [5.41, 5.74) is 3.55. The van der Waals surface area contributed by atoms with Crippen LogP contribution in [0.2, 0.25) is 0 Å². The van der Waals surface area contributed by atoms with Gasteiger partial charge in [0, 0.05) is 11.4 Å². The summed E-state index contributed by atoms with van der Waals surface area (Å²) in [6.45, 7) is 16.0. The zero-order valence-electron chi connectivity index (χ0n) is 13.4. The molecule has 0 fully saturated rings. The van der Waals surface area contributed by atoms with E-state index in [4.69, 9.17) is 0 Å². The Morgan fingerprint density at radius 1 is 1.32 bits per heavy atom. The number of thiazole rings is 1. The van der Waals surface area contributed by atoms with Gasteiger partial charge in [0.2, 0.25) is 0 Å². The van der Waals surface area contributed by atoms with Gasteiger partial charge < -0.3 is 5.32 Å². The average Bonchev–Trinajstić information content (AvgIpc) is 2.71. The van der Waals surface area contributed by atoms with Gasteiger partial charge >= 0.3 is 0 Å². The lowest BCUT2D eigenvalue weighted by Gasteiger charge is -2.34. The van der Waals surface area contributed by atoms with Crippen molar-refractivity contribution in [3.8, 4) is 0 Å². The number of aryl methyl sites for hydroxylation is 2. The fourth-order valence-electron chi connectivity index (χ4n) is 2.19. The van der Waals surface area contributed by atoms with Gasteiger partial charge in [-0.2, -0.15) is 0 Å². The Labute approximate surface area is 123 Å². The van der Waals surface area contributed by atoms with Crippen molar-refractivity contribution in [2.75, 3.05) is 13.1 Å². The Kier molecular flexibility index (Phi) is 6.48. The standard InChI is InChI=1S/C16H30N2S/c1-12(2)9-17-10-16(6,13(3)4)8-7-15-14(5)18-11-19-15/h11-13,17H,7-10H2,1-6H3. The van der Waals surface area contributed by atoms with Crippen molar-refractivity contribution >= 4 is 11.3 Å². The first-order valence-corrected chi connectivity index (χ1v) is 8.33. The van der Waals surface area contributed by atoms with E-state index in [0.29, 0.717) is 11.3 Å². The van der Waals surface area contributed by atoms with E-state index in [2.05, 4.69) is 51.8 Å². The topological polar surface area (TPSA) is 24.9 Å². The summed E-state index contributed by atoms with van der Waals surface area (Å²) in [6.07, 6.45) is 2.40. The van der Waals surface area contributed by atoms with Gasteiger partial charge in [-0.3, -0.25) is 0 Å². The van der Waals surface area contributed by atoms with E-state index in [1.54, 1.807) is 11.3 Å². The van der Waals surface area contributed by atoms with Crippen molar-refractivity contribution < 1.29 is 0 Å². The second-order valence-electron chi connectivity index (χ2n) is 6.69. The molecule has 0 saturated carbocycles. The summed E-state index contributed by atoms with van der Waals surface area (Å²) < 4.78 is 0. The minimum Gasteiger partial charge on any atom is -0.316 e. The third-order valence-electron chi connectivity index (χ3n) is 4.24. The number of hydrogen-bond acceptors (Lipinski definition) is 3. The molecule has 1 rings (SSSR count). The van der Waals surface area contributed by atoms with Crippen LogP contribution < -0.4 is 5.32 Å². The highest BCUT2D eigenvalue weighted by molar-refractivity contribution is 7.09. The first-order valence-electron chi connectivity index (χ1n) is 7.45. The fourth-order valence-corrected chi connectivity index (χ4v) is 2.97. The van der Waals surface area contributed by atoms with E-state index in [9.17, 15) is 0 Å². The van der Waals surface area contributed by atoms with Gasteiger partial charge in [-0.1, -0.05) is 34.6 Å². The number of aromatic nitrogens is 1. The van der Waals surface area contributed by atoms with E-state index in [-0.39, 0.29) is 0 Å². The van der Waals surface area contributed by atoms with Crippen molar-refractivity contribution in [3.63, 3.8) is 0 Å². The van der Waals surface area contributed by atoms with E-state index in [1.807, 2.05) is 5.51 Å². The number of nitrogens with zero attached hydrogens (tertiary/aromatic N) is 1. The zero-order valence-corrected chi connectivity index (χ0v) is 14.2. The molecular weight excluding hydrogens is 252 g/mol. The van der Waals surface area contributed by atoms with Crippen LogP contribution in [0.1, 0.15) is 51.6 Å². The van der Waals surface area contributed by atoms with Crippen LogP contribution in [0.5, 0.6) is 0 Å². The normalized spacial score (nSPS) is 15.2. The van der Waals surface area contributed by atoms with Crippen molar-refractivity contribution in [1.82, 2.24) is 10.3 Å². The lowest BCUT2D eigenvalue weighted by molar-refractivity contribution is 0.190. The predicted molar refractivity (Wildman–Crippen MR) is 85.8 cm³/mol. The molecule has 2 nitrogen and oxygen atoms in total. The third-order valence-corrected chi connectivity index (χ3v) is 5.24. The molecule has 0 bridgehead atoms. The molecule has 0 aliphatic carbocycles. The van der Waals surface area contributed by atoms with Gasteiger partial charge in [0.1, 0.15) is 0 Å². The second-order valence-corrected chi connectivity index (χ2v) is 7.63. The highest BCUT2D eigenvalue weighted by Gasteiger charge is 2.28. The van der Waals surface area contributed by atoms with Crippen molar-refractivity contribution in [2.45, 2.75) is 54.4 Å². The van der Waals surface area contributed by atoms with Crippen LogP contribution in [-0.4, -0.2) is 18.1 Å². The summed E-state index contributed by atoms with van der Waals surface area (Å²) in [6, 6.07) is 0. The minimum atomic E-state index is 0.366. The fraction of sp³-hybridized carbons (Fsp3) is 0.812. The number of nitrogens with one attached hydrogen (secondary N) is 1. The molecule has 0 aliphatic heterocycles. The summed E-state index contributed by atoms with van der Waals surface area (Å²) >= 11 is 1.80. The van der Waals surface area contributed by atoms with Crippen LogP contribution >= 0.6 is 11.3 Å². The number of hydrogen-bond donors (Lipinski definition) is 1. The van der Waals surface area contributed by atoms with Crippen molar-refractivity contribution in [3.05, 3.63) is 16.1 Å². The molecule has 0 aliphatic rings. The summed E-state index contributed by atoms with van der Waals surface area (Å²) in [7, 11) is 0. The maximum atomic E-state index is 4.35. The molecule has 0 spiro atoms. The monoisotopic (exact) mass is 282 g/mol. The molecule has 0 saturated heterocycles. The van der Waals surface area contributed by atoms with Crippen LogP contribution in [0.15, 0.2) is 5.51 Å². The Morgan fingerprint density at radius 2 is 2.00 bits per heavy atom. The first-order chi connectivity index (χ1) is 8.85. The summed E-state index contributed by atoms with van der Waals surface area (Å²) in [5, 5.41) is 3.64. The van der Waals surface area contributed by atoms with Crippen LogP contribution in [-0.2, 0) is 6.42 Å².